The molecular formula is C19H21NO6S. The van der Waals surface area contributed by atoms with Crippen molar-refractivity contribution in [1.82, 2.24) is 0 Å². The van der Waals surface area contributed by atoms with E-state index in [0.29, 0.717) is 0 Å². The van der Waals surface area contributed by atoms with Gasteiger partial charge in [-0.2, -0.15) is 0 Å². The number of sulfonamides is 1. The number of hydrogen-bond acceptors (Lipinski definition) is 6. The van der Waals surface area contributed by atoms with Crippen LogP contribution in [0.3, 0.4) is 0 Å². The number of anilines is 1. The molecule has 0 bridgehead atoms. The quantitative estimate of drug-likeness (QED) is 0.728. The maximum absolute atomic E-state index is 12.6. The molecule has 0 atom stereocenters. The lowest BCUT2D eigenvalue weighted by molar-refractivity contribution is 0.0526. The zero-order valence-corrected chi connectivity index (χ0v) is 16.1. The molecule has 1 N–H and O–H groups in total. The minimum absolute atomic E-state index is 0.0158. The predicted octanol–water partition coefficient (Wildman–Crippen LogP) is 3.15. The van der Waals surface area contributed by atoms with E-state index in [1.807, 2.05) is 6.92 Å². The Morgan fingerprint density at radius 3 is 2.11 bits per heavy atom. The molecule has 2 rings (SSSR count). The second-order valence-electron chi connectivity index (χ2n) is 5.62. The average molecular weight is 391 g/mol. The van der Waals surface area contributed by atoms with Gasteiger partial charge in [-0.05, 0) is 51.1 Å². The highest BCUT2D eigenvalue weighted by molar-refractivity contribution is 7.92. The first-order valence-corrected chi connectivity index (χ1v) is 9.84. The Morgan fingerprint density at radius 2 is 1.52 bits per heavy atom. The molecule has 0 aliphatic carbocycles. The van der Waals surface area contributed by atoms with Crippen LogP contribution in [-0.4, -0.2) is 33.6 Å². The van der Waals surface area contributed by atoms with Gasteiger partial charge >= 0.3 is 11.9 Å². The molecule has 27 heavy (non-hydrogen) atoms. The molecule has 8 heteroatoms. The van der Waals surface area contributed by atoms with Crippen molar-refractivity contribution in [2.24, 2.45) is 0 Å². The number of ether oxygens (including phenoxy) is 2. The van der Waals surface area contributed by atoms with E-state index in [9.17, 15) is 18.0 Å². The van der Waals surface area contributed by atoms with Gasteiger partial charge in [0, 0.05) is 0 Å². The lowest BCUT2D eigenvalue weighted by atomic mass is 10.1. The van der Waals surface area contributed by atoms with Crippen LogP contribution in [0.2, 0.25) is 0 Å². The van der Waals surface area contributed by atoms with E-state index >= 15 is 0 Å². The minimum Gasteiger partial charge on any atom is -0.462 e. The number of hydrogen-bond donors (Lipinski definition) is 1. The Balaban J connectivity index is 2.43. The molecule has 0 radical (unpaired) electrons. The molecule has 0 saturated carbocycles. The topological polar surface area (TPSA) is 98.8 Å². The van der Waals surface area contributed by atoms with Crippen molar-refractivity contribution < 1.29 is 27.5 Å². The summed E-state index contributed by atoms with van der Waals surface area (Å²) in [5.74, 6) is -1.36. The van der Waals surface area contributed by atoms with E-state index in [4.69, 9.17) is 9.47 Å². The number of rotatable bonds is 7. The predicted molar refractivity (Wildman–Crippen MR) is 100 cm³/mol. The summed E-state index contributed by atoms with van der Waals surface area (Å²) in [6, 6.07) is 10.2. The van der Waals surface area contributed by atoms with E-state index in [1.54, 1.807) is 26.0 Å². The van der Waals surface area contributed by atoms with E-state index < -0.39 is 22.0 Å². The lowest BCUT2D eigenvalue weighted by Crippen LogP contribution is -2.17. The molecule has 0 amide bonds. The van der Waals surface area contributed by atoms with Gasteiger partial charge in [-0.3, -0.25) is 4.72 Å². The zero-order chi connectivity index (χ0) is 20.0. The van der Waals surface area contributed by atoms with Crippen molar-refractivity contribution in [3.8, 4) is 0 Å². The van der Waals surface area contributed by atoms with Crippen molar-refractivity contribution in [2.75, 3.05) is 17.9 Å². The molecule has 2 aromatic rings. The van der Waals surface area contributed by atoms with Gasteiger partial charge in [0.15, 0.2) is 0 Å². The van der Waals surface area contributed by atoms with E-state index in [1.165, 1.54) is 30.3 Å². The Morgan fingerprint density at radius 1 is 0.926 bits per heavy atom. The standard InChI is InChI=1S/C19H21NO6S/c1-4-25-18(21)14-8-11-17(16(12-14)19(22)26-5-2)20-27(23,24)15-9-6-13(3)7-10-15/h6-12,20H,4-5H2,1-3H3. The molecule has 0 spiro atoms. The van der Waals surface area contributed by atoms with Crippen LogP contribution >= 0.6 is 0 Å². The number of nitrogens with one attached hydrogen (secondary N) is 1. The van der Waals surface area contributed by atoms with Crippen LogP contribution in [0, 0.1) is 6.92 Å². The summed E-state index contributed by atoms with van der Waals surface area (Å²) in [4.78, 5) is 24.2. The number of carbonyl (C=O) groups excluding carboxylic acids is 2. The number of esters is 2. The van der Waals surface area contributed by atoms with Gasteiger partial charge in [0.25, 0.3) is 10.0 Å². The molecule has 7 nitrogen and oxygen atoms in total. The van der Waals surface area contributed by atoms with Gasteiger partial charge in [-0.25, -0.2) is 18.0 Å². The highest BCUT2D eigenvalue weighted by Crippen LogP contribution is 2.23. The highest BCUT2D eigenvalue weighted by Gasteiger charge is 2.21. The molecule has 0 aliphatic rings. The van der Waals surface area contributed by atoms with Crippen LogP contribution in [0.4, 0.5) is 5.69 Å². The maximum Gasteiger partial charge on any atom is 0.340 e. The maximum atomic E-state index is 12.6. The average Bonchev–Trinajstić information content (AvgIpc) is 2.62. The molecule has 144 valence electrons. The Kier molecular flexibility index (Phi) is 6.57. The SMILES string of the molecule is CCOC(=O)c1ccc(NS(=O)(=O)c2ccc(C)cc2)c(C(=O)OCC)c1. The summed E-state index contributed by atoms with van der Waals surface area (Å²) in [5, 5.41) is 0. The first-order chi connectivity index (χ1) is 12.8. The largest absolute Gasteiger partial charge is 0.462 e. The fourth-order valence-corrected chi connectivity index (χ4v) is 3.35. The van der Waals surface area contributed by atoms with Crippen molar-refractivity contribution >= 4 is 27.6 Å². The number of benzene rings is 2. The van der Waals surface area contributed by atoms with Crippen molar-refractivity contribution in [3.63, 3.8) is 0 Å². The van der Waals surface area contributed by atoms with Crippen molar-refractivity contribution in [3.05, 3.63) is 59.2 Å². The second kappa shape index (κ2) is 8.68. The Hall–Kier alpha value is -2.87. The van der Waals surface area contributed by atoms with Gasteiger partial charge in [-0.1, -0.05) is 17.7 Å². The number of aryl methyl sites for hydroxylation is 1. The van der Waals surface area contributed by atoms with E-state index in [2.05, 4.69) is 4.72 Å². The van der Waals surface area contributed by atoms with Gasteiger partial charge < -0.3 is 9.47 Å². The van der Waals surface area contributed by atoms with E-state index in [-0.39, 0.29) is 34.9 Å². The first-order valence-electron chi connectivity index (χ1n) is 8.36. The lowest BCUT2D eigenvalue weighted by Gasteiger charge is -2.13. The number of carbonyl (C=O) groups is 2. The summed E-state index contributed by atoms with van der Waals surface area (Å²) < 4.78 is 37.5. The third-order valence-electron chi connectivity index (χ3n) is 3.60. The van der Waals surface area contributed by atoms with Gasteiger partial charge in [0.05, 0.1) is 34.9 Å². The van der Waals surface area contributed by atoms with Gasteiger partial charge in [0.2, 0.25) is 0 Å². The van der Waals surface area contributed by atoms with Gasteiger partial charge in [0.1, 0.15) is 0 Å². The normalized spacial score (nSPS) is 10.9. The molecule has 0 saturated heterocycles. The van der Waals surface area contributed by atoms with Crippen molar-refractivity contribution in [2.45, 2.75) is 25.7 Å². The third kappa shape index (κ3) is 5.07. The first kappa shape index (κ1) is 20.4. The molecular weight excluding hydrogens is 370 g/mol. The van der Waals surface area contributed by atoms with Crippen LogP contribution in [0.1, 0.15) is 40.1 Å². The summed E-state index contributed by atoms with van der Waals surface area (Å²) in [6.45, 7) is 5.41. The van der Waals surface area contributed by atoms with Crippen LogP contribution in [0.25, 0.3) is 0 Å². The molecule has 2 aromatic carbocycles. The third-order valence-corrected chi connectivity index (χ3v) is 4.98. The summed E-state index contributed by atoms with van der Waals surface area (Å²) in [6.07, 6.45) is 0. The highest BCUT2D eigenvalue weighted by atomic mass is 32.2. The zero-order valence-electron chi connectivity index (χ0n) is 15.3. The monoisotopic (exact) mass is 391 g/mol. The van der Waals surface area contributed by atoms with Gasteiger partial charge in [-0.15, -0.1) is 0 Å². The smallest absolute Gasteiger partial charge is 0.340 e. The Labute approximate surface area is 158 Å². The second-order valence-corrected chi connectivity index (χ2v) is 7.30. The summed E-state index contributed by atoms with van der Waals surface area (Å²) >= 11 is 0. The summed E-state index contributed by atoms with van der Waals surface area (Å²) in [7, 11) is -3.92. The van der Waals surface area contributed by atoms with Crippen LogP contribution in [0.15, 0.2) is 47.4 Å². The minimum atomic E-state index is -3.92. The molecule has 0 fully saturated rings. The fraction of sp³-hybridized carbons (Fsp3) is 0.263. The Bertz CT molecular complexity index is 935. The van der Waals surface area contributed by atoms with Crippen molar-refractivity contribution in [1.29, 1.82) is 0 Å². The fourth-order valence-electron chi connectivity index (χ4n) is 2.27. The van der Waals surface area contributed by atoms with E-state index in [0.717, 1.165) is 5.56 Å². The molecule has 0 aliphatic heterocycles. The summed E-state index contributed by atoms with van der Waals surface area (Å²) in [5.41, 5.74) is 0.985. The van der Waals surface area contributed by atoms with Crippen LogP contribution in [0.5, 0.6) is 0 Å². The van der Waals surface area contributed by atoms with Crippen LogP contribution < -0.4 is 4.72 Å². The van der Waals surface area contributed by atoms with Crippen LogP contribution in [-0.2, 0) is 19.5 Å². The molecule has 0 heterocycles. The molecule has 0 aromatic heterocycles. The molecule has 0 unspecified atom stereocenters.